The van der Waals surface area contributed by atoms with Gasteiger partial charge in [0.25, 0.3) is 0 Å². The molecule has 0 unspecified atom stereocenters. The van der Waals surface area contributed by atoms with Gasteiger partial charge in [0.2, 0.25) is 0 Å². The zero-order valence-electron chi connectivity index (χ0n) is 14.3. The van der Waals surface area contributed by atoms with Crippen LogP contribution in [0.3, 0.4) is 0 Å². The van der Waals surface area contributed by atoms with Crippen molar-refractivity contribution in [2.45, 2.75) is 26.4 Å². The third-order valence-corrected chi connectivity index (χ3v) is 6.34. The van der Waals surface area contributed by atoms with Crippen molar-refractivity contribution in [3.63, 3.8) is 0 Å². The second-order valence-corrected chi connectivity index (χ2v) is 8.43. The van der Waals surface area contributed by atoms with Gasteiger partial charge in [-0.1, -0.05) is 92.7 Å². The highest BCUT2D eigenvalue weighted by Crippen LogP contribution is 2.32. The smallest absolute Gasteiger partial charge is 0.0208 e. The first-order chi connectivity index (χ1) is 11.7. The molecule has 1 nitrogen and oxygen atoms in total. The van der Waals surface area contributed by atoms with Crippen LogP contribution in [0.5, 0.6) is 0 Å². The second kappa shape index (κ2) is 8.24. The Labute approximate surface area is 146 Å². The molecule has 0 aliphatic heterocycles. The second-order valence-electron chi connectivity index (χ2n) is 6.21. The van der Waals surface area contributed by atoms with Crippen LogP contribution in [0.2, 0.25) is 0 Å². The molecule has 1 N–H and O–H groups in total. The van der Waals surface area contributed by atoms with Crippen molar-refractivity contribution < 1.29 is 0 Å². The Balaban J connectivity index is 1.99. The number of rotatable bonds is 6. The fourth-order valence-corrected chi connectivity index (χ4v) is 5.09. The number of benzene rings is 3. The molecular weight excluding hydrogens is 309 g/mol. The quantitative estimate of drug-likeness (QED) is 0.674. The Morgan fingerprint density at radius 2 is 1.25 bits per heavy atom. The van der Waals surface area contributed by atoms with Crippen LogP contribution in [0.25, 0.3) is 0 Å². The van der Waals surface area contributed by atoms with Crippen LogP contribution in [-0.2, 0) is 6.54 Å². The Morgan fingerprint density at radius 1 is 0.708 bits per heavy atom. The van der Waals surface area contributed by atoms with Gasteiger partial charge < -0.3 is 5.32 Å². The van der Waals surface area contributed by atoms with E-state index in [9.17, 15) is 0 Å². The number of hydrogen-bond donors (Lipinski definition) is 1. The Morgan fingerprint density at radius 3 is 1.79 bits per heavy atom. The van der Waals surface area contributed by atoms with Crippen molar-refractivity contribution in [2.75, 3.05) is 0 Å². The predicted molar refractivity (Wildman–Crippen MR) is 107 cm³/mol. The van der Waals surface area contributed by atoms with Crippen LogP contribution in [-0.4, -0.2) is 6.04 Å². The third kappa shape index (κ3) is 4.32. The van der Waals surface area contributed by atoms with Gasteiger partial charge >= 0.3 is 0 Å². The van der Waals surface area contributed by atoms with Gasteiger partial charge in [-0.05, 0) is 35.5 Å². The average Bonchev–Trinajstić information content (AvgIpc) is 2.62. The molecule has 3 aromatic rings. The summed E-state index contributed by atoms with van der Waals surface area (Å²) in [6, 6.07) is 31.2. The molecule has 0 aromatic heterocycles. The van der Waals surface area contributed by atoms with E-state index in [4.69, 9.17) is 0 Å². The molecule has 0 fully saturated rings. The molecule has 122 valence electrons. The van der Waals surface area contributed by atoms with Crippen LogP contribution in [0, 0.1) is 0 Å². The minimum absolute atomic E-state index is 0.499. The van der Waals surface area contributed by atoms with Gasteiger partial charge in [0.05, 0.1) is 0 Å². The van der Waals surface area contributed by atoms with E-state index in [-0.39, 0.29) is 0 Å². The molecule has 0 aliphatic rings. The van der Waals surface area contributed by atoms with Gasteiger partial charge in [0, 0.05) is 12.6 Å². The summed E-state index contributed by atoms with van der Waals surface area (Å²) in [6.45, 7) is 5.29. The molecule has 24 heavy (non-hydrogen) atoms. The average molecular weight is 333 g/mol. The summed E-state index contributed by atoms with van der Waals surface area (Å²) in [6.07, 6.45) is 0. The van der Waals surface area contributed by atoms with E-state index in [1.165, 1.54) is 21.5 Å². The van der Waals surface area contributed by atoms with E-state index in [2.05, 4.69) is 104 Å². The summed E-state index contributed by atoms with van der Waals surface area (Å²) < 4.78 is 0. The SMILES string of the molecule is CC(C)NCc1cccc(P(c2ccccc2)c2ccccc2)c1. The molecule has 3 aromatic carbocycles. The first-order valence-electron chi connectivity index (χ1n) is 8.46. The fraction of sp³-hybridized carbons (Fsp3) is 0.182. The van der Waals surface area contributed by atoms with Crippen LogP contribution in [0.4, 0.5) is 0 Å². The van der Waals surface area contributed by atoms with E-state index in [0.29, 0.717) is 6.04 Å². The summed E-state index contributed by atoms with van der Waals surface area (Å²) in [5.41, 5.74) is 1.35. The van der Waals surface area contributed by atoms with Crippen LogP contribution in [0.15, 0.2) is 84.9 Å². The van der Waals surface area contributed by atoms with E-state index < -0.39 is 7.92 Å². The lowest BCUT2D eigenvalue weighted by molar-refractivity contribution is 0.589. The van der Waals surface area contributed by atoms with Crippen molar-refractivity contribution in [1.29, 1.82) is 0 Å². The topological polar surface area (TPSA) is 12.0 Å². The molecule has 0 radical (unpaired) electrons. The maximum absolute atomic E-state index is 3.51. The standard InChI is InChI=1S/C22H24NP/c1-18(2)23-17-19-10-9-15-22(16-19)24(20-11-5-3-6-12-20)21-13-7-4-8-14-21/h3-16,18,23H,17H2,1-2H3. The van der Waals surface area contributed by atoms with E-state index >= 15 is 0 Å². The van der Waals surface area contributed by atoms with Crippen molar-refractivity contribution in [3.05, 3.63) is 90.5 Å². The Bertz CT molecular complexity index is 714. The van der Waals surface area contributed by atoms with Crippen LogP contribution >= 0.6 is 7.92 Å². The first kappa shape index (κ1) is 16.9. The highest BCUT2D eigenvalue weighted by molar-refractivity contribution is 7.79. The molecule has 0 bridgehead atoms. The zero-order chi connectivity index (χ0) is 16.8. The van der Waals surface area contributed by atoms with Gasteiger partial charge in [-0.3, -0.25) is 0 Å². The van der Waals surface area contributed by atoms with Gasteiger partial charge in [0.1, 0.15) is 0 Å². The normalized spacial score (nSPS) is 11.2. The molecular formula is C22H24NP. The third-order valence-electron chi connectivity index (χ3n) is 3.91. The summed E-state index contributed by atoms with van der Waals surface area (Å²) in [4.78, 5) is 0. The molecule has 3 rings (SSSR count). The lowest BCUT2D eigenvalue weighted by Gasteiger charge is -2.20. The van der Waals surface area contributed by atoms with Gasteiger partial charge in [-0.25, -0.2) is 0 Å². The highest BCUT2D eigenvalue weighted by Gasteiger charge is 2.16. The lowest BCUT2D eigenvalue weighted by atomic mass is 10.2. The van der Waals surface area contributed by atoms with Crippen LogP contribution in [0.1, 0.15) is 19.4 Å². The molecule has 0 heterocycles. The largest absolute Gasteiger partial charge is 0.310 e. The molecule has 0 spiro atoms. The Hall–Kier alpha value is -1.95. The van der Waals surface area contributed by atoms with E-state index in [1.54, 1.807) is 0 Å². The van der Waals surface area contributed by atoms with Crippen LogP contribution < -0.4 is 21.2 Å². The van der Waals surface area contributed by atoms with Crippen molar-refractivity contribution >= 4 is 23.8 Å². The van der Waals surface area contributed by atoms with Gasteiger partial charge in [-0.15, -0.1) is 0 Å². The molecule has 0 saturated carbocycles. The number of hydrogen-bond acceptors (Lipinski definition) is 1. The van der Waals surface area contributed by atoms with Crippen molar-refractivity contribution in [1.82, 2.24) is 5.32 Å². The Kier molecular flexibility index (Phi) is 5.80. The van der Waals surface area contributed by atoms with E-state index in [1.807, 2.05) is 0 Å². The monoisotopic (exact) mass is 333 g/mol. The summed E-state index contributed by atoms with van der Waals surface area (Å²) in [5, 5.41) is 7.71. The first-order valence-corrected chi connectivity index (χ1v) is 9.81. The maximum atomic E-state index is 3.51. The minimum atomic E-state index is -0.516. The highest BCUT2D eigenvalue weighted by atomic mass is 31.1. The summed E-state index contributed by atoms with van der Waals surface area (Å²) in [5.74, 6) is 0. The summed E-state index contributed by atoms with van der Waals surface area (Å²) >= 11 is 0. The lowest BCUT2D eigenvalue weighted by Crippen LogP contribution is -2.24. The fourth-order valence-electron chi connectivity index (χ4n) is 2.73. The molecule has 0 amide bonds. The molecule has 2 heteroatoms. The van der Waals surface area contributed by atoms with Crippen molar-refractivity contribution in [3.8, 4) is 0 Å². The van der Waals surface area contributed by atoms with Gasteiger partial charge in [-0.2, -0.15) is 0 Å². The van der Waals surface area contributed by atoms with Crippen molar-refractivity contribution in [2.24, 2.45) is 0 Å². The molecule has 0 aliphatic carbocycles. The zero-order valence-corrected chi connectivity index (χ0v) is 15.2. The summed E-state index contributed by atoms with van der Waals surface area (Å²) in [7, 11) is -0.516. The maximum Gasteiger partial charge on any atom is 0.0208 e. The van der Waals surface area contributed by atoms with Gasteiger partial charge in [0.15, 0.2) is 0 Å². The molecule has 0 saturated heterocycles. The predicted octanol–water partition coefficient (Wildman–Crippen LogP) is 3.94. The minimum Gasteiger partial charge on any atom is -0.310 e. The number of nitrogens with one attached hydrogen (secondary N) is 1. The molecule has 0 atom stereocenters. The van der Waals surface area contributed by atoms with E-state index in [0.717, 1.165) is 6.54 Å².